The number of aliphatic carboxylic acids is 1. The first-order chi connectivity index (χ1) is 18.4. The molecule has 2 aromatic rings. The minimum atomic E-state index is -1.07. The van der Waals surface area contributed by atoms with Gasteiger partial charge in [0.2, 0.25) is 17.7 Å². The van der Waals surface area contributed by atoms with Crippen LogP contribution in [-0.2, 0) is 32.6 Å². The number of thioether (sulfide) groups is 1. The largest absolute Gasteiger partial charge is 0.481 e. The monoisotopic (exact) mass is 558 g/mol. The summed E-state index contributed by atoms with van der Waals surface area (Å²) in [6.07, 6.45) is 5.32. The van der Waals surface area contributed by atoms with Crippen LogP contribution in [0.2, 0.25) is 0 Å². The number of hydrogen-bond donors (Lipinski definition) is 4. The molecule has 0 saturated heterocycles. The molecule has 0 radical (unpaired) electrons. The average Bonchev–Trinajstić information content (AvgIpc) is 3.20. The van der Waals surface area contributed by atoms with Crippen molar-refractivity contribution in [1.29, 1.82) is 0 Å². The van der Waals surface area contributed by atoms with Gasteiger partial charge < -0.3 is 25.6 Å². The van der Waals surface area contributed by atoms with Crippen LogP contribution in [0.25, 0.3) is 0 Å². The van der Waals surface area contributed by atoms with E-state index in [9.17, 15) is 19.2 Å². The number of anilines is 1. The summed E-state index contributed by atoms with van der Waals surface area (Å²) in [6.45, 7) is 8.07. The van der Waals surface area contributed by atoms with E-state index < -0.39 is 23.8 Å². The van der Waals surface area contributed by atoms with Crippen molar-refractivity contribution in [3.63, 3.8) is 0 Å². The Morgan fingerprint density at radius 3 is 2.49 bits per heavy atom. The van der Waals surface area contributed by atoms with Crippen LogP contribution in [0.15, 0.2) is 36.5 Å². The molecule has 2 rings (SSSR count). The molecule has 0 saturated carbocycles. The van der Waals surface area contributed by atoms with Gasteiger partial charge in [-0.25, -0.2) is 0 Å². The quantitative estimate of drug-likeness (QED) is 0.246. The Balaban J connectivity index is 1.96. The van der Waals surface area contributed by atoms with E-state index in [4.69, 9.17) is 5.11 Å². The fourth-order valence-electron chi connectivity index (χ4n) is 4.30. The first-order valence-electron chi connectivity index (χ1n) is 13.4. The van der Waals surface area contributed by atoms with Crippen LogP contribution in [0.4, 0.5) is 5.69 Å². The molecular formula is C29H42N4O5S. The zero-order valence-corrected chi connectivity index (χ0v) is 24.5. The van der Waals surface area contributed by atoms with Crippen molar-refractivity contribution in [1.82, 2.24) is 15.2 Å². The topological polar surface area (TPSA) is 130 Å². The highest BCUT2D eigenvalue weighted by atomic mass is 32.2. The van der Waals surface area contributed by atoms with Crippen molar-refractivity contribution in [2.45, 2.75) is 77.0 Å². The number of carboxylic acids is 1. The fraction of sp³-hybridized carbons (Fsp3) is 0.517. The van der Waals surface area contributed by atoms with Gasteiger partial charge in [0.25, 0.3) is 0 Å². The molecular weight excluding hydrogens is 516 g/mol. The van der Waals surface area contributed by atoms with E-state index in [1.165, 1.54) is 5.56 Å². The Morgan fingerprint density at radius 1 is 1.13 bits per heavy atom. The van der Waals surface area contributed by atoms with Gasteiger partial charge in [0.05, 0.1) is 12.3 Å². The molecule has 214 valence electrons. The number of amides is 3. The molecule has 0 fully saturated rings. The number of benzene rings is 1. The summed E-state index contributed by atoms with van der Waals surface area (Å²) >= 11 is 1.57. The van der Waals surface area contributed by atoms with Gasteiger partial charge in [-0.3, -0.25) is 19.2 Å². The fourth-order valence-corrected chi connectivity index (χ4v) is 5.43. The van der Waals surface area contributed by atoms with Crippen LogP contribution in [0, 0.1) is 6.92 Å². The van der Waals surface area contributed by atoms with Crippen LogP contribution >= 0.6 is 11.8 Å². The van der Waals surface area contributed by atoms with Crippen LogP contribution < -0.4 is 16.0 Å². The van der Waals surface area contributed by atoms with E-state index in [2.05, 4.69) is 47.4 Å². The maximum absolute atomic E-state index is 13.0. The Bertz CT molecular complexity index is 1150. The lowest BCUT2D eigenvalue weighted by molar-refractivity contribution is -0.137. The van der Waals surface area contributed by atoms with Gasteiger partial charge in [0.1, 0.15) is 6.04 Å². The normalized spacial score (nSPS) is 13.3. The first kappa shape index (κ1) is 31.9. The molecule has 0 aliphatic rings. The molecule has 0 aliphatic carbocycles. The van der Waals surface area contributed by atoms with Crippen molar-refractivity contribution in [2.24, 2.45) is 7.05 Å². The molecule has 0 bridgehead atoms. The standard InChI is InChI=1S/C29H42N4O5S/c1-6-13-29(4,7-2)39-19-26(35)30-17-25(34)32-24(11-12-27(36)37)28(38)31-22-10-8-9-21(15-22)16-23-14-20(3)18-33(23)5/h8-10,14-15,18,24H,6-7,11-13,16-17,19H2,1-5H3,(H,30,35)(H,31,38)(H,32,34)(H,36,37)/t24-,29?/m0/s1. The van der Waals surface area contributed by atoms with E-state index >= 15 is 0 Å². The van der Waals surface area contributed by atoms with Crippen LogP contribution in [0.3, 0.4) is 0 Å². The smallest absolute Gasteiger partial charge is 0.303 e. The van der Waals surface area contributed by atoms with Gasteiger partial charge in [-0.15, -0.1) is 11.8 Å². The zero-order valence-electron chi connectivity index (χ0n) is 23.6. The number of aryl methyl sites for hydroxylation is 2. The van der Waals surface area contributed by atoms with Crippen LogP contribution in [0.1, 0.15) is 69.7 Å². The minimum Gasteiger partial charge on any atom is -0.481 e. The maximum Gasteiger partial charge on any atom is 0.303 e. The molecule has 1 aromatic carbocycles. The SMILES string of the molecule is CCCC(C)(CC)SCC(=O)NCC(=O)N[C@@H](CCC(=O)O)C(=O)Nc1cccc(Cc2cc(C)cn2C)c1. The van der Waals surface area contributed by atoms with Crippen molar-refractivity contribution >= 4 is 41.1 Å². The molecule has 3 amide bonds. The lowest BCUT2D eigenvalue weighted by atomic mass is 10.0. The molecule has 0 aliphatic heterocycles. The van der Waals surface area contributed by atoms with Crippen molar-refractivity contribution < 1.29 is 24.3 Å². The number of rotatable bonds is 16. The van der Waals surface area contributed by atoms with Gasteiger partial charge in [-0.05, 0) is 55.5 Å². The van der Waals surface area contributed by atoms with Gasteiger partial charge >= 0.3 is 5.97 Å². The summed E-state index contributed by atoms with van der Waals surface area (Å²) in [7, 11) is 1.99. The van der Waals surface area contributed by atoms with Crippen LogP contribution in [-0.4, -0.2) is 56.5 Å². The van der Waals surface area contributed by atoms with E-state index in [0.29, 0.717) is 12.1 Å². The van der Waals surface area contributed by atoms with Crippen molar-refractivity contribution in [2.75, 3.05) is 17.6 Å². The second kappa shape index (κ2) is 15.4. The number of carbonyl (C=O) groups is 4. The minimum absolute atomic E-state index is 0.00542. The molecule has 2 atom stereocenters. The van der Waals surface area contributed by atoms with Crippen molar-refractivity contribution in [3.05, 3.63) is 53.3 Å². The Hall–Kier alpha value is -3.27. The summed E-state index contributed by atoms with van der Waals surface area (Å²) in [6, 6.07) is 8.45. The summed E-state index contributed by atoms with van der Waals surface area (Å²) < 4.78 is 2.06. The number of carbonyl (C=O) groups excluding carboxylic acids is 3. The Labute approximate surface area is 235 Å². The third-order valence-corrected chi connectivity index (χ3v) is 8.24. The number of nitrogens with one attached hydrogen (secondary N) is 3. The lowest BCUT2D eigenvalue weighted by Crippen LogP contribution is -2.48. The molecule has 1 heterocycles. The predicted octanol–water partition coefficient (Wildman–Crippen LogP) is 4.03. The van der Waals surface area contributed by atoms with E-state index in [-0.39, 0.29) is 35.8 Å². The third kappa shape index (κ3) is 11.2. The number of carboxylic acid groups (broad SMARTS) is 1. The van der Waals surface area contributed by atoms with Gasteiger partial charge in [-0.1, -0.05) is 39.3 Å². The third-order valence-electron chi connectivity index (χ3n) is 6.65. The highest BCUT2D eigenvalue weighted by Crippen LogP contribution is 2.32. The molecule has 1 aromatic heterocycles. The van der Waals surface area contributed by atoms with Gasteiger partial charge in [0, 0.05) is 42.2 Å². The summed E-state index contributed by atoms with van der Waals surface area (Å²) in [5.41, 5.74) is 3.85. The second-order valence-corrected chi connectivity index (χ2v) is 11.7. The van der Waals surface area contributed by atoms with Gasteiger partial charge in [-0.2, -0.15) is 0 Å². The maximum atomic E-state index is 13.0. The number of hydrogen-bond acceptors (Lipinski definition) is 5. The molecule has 10 heteroatoms. The van der Waals surface area contributed by atoms with E-state index in [1.54, 1.807) is 17.8 Å². The number of nitrogens with zero attached hydrogens (tertiary/aromatic N) is 1. The zero-order chi connectivity index (χ0) is 29.0. The summed E-state index contributed by atoms with van der Waals surface area (Å²) in [5.74, 6) is -2.17. The summed E-state index contributed by atoms with van der Waals surface area (Å²) in [4.78, 5) is 49.0. The van der Waals surface area contributed by atoms with Gasteiger partial charge in [0.15, 0.2) is 0 Å². The summed E-state index contributed by atoms with van der Waals surface area (Å²) in [5, 5.41) is 17.1. The molecule has 1 unspecified atom stereocenters. The number of aromatic nitrogens is 1. The Morgan fingerprint density at radius 2 is 1.87 bits per heavy atom. The molecule has 0 spiro atoms. The van der Waals surface area contributed by atoms with Crippen molar-refractivity contribution in [3.8, 4) is 0 Å². The van der Waals surface area contributed by atoms with E-state index in [0.717, 1.165) is 30.5 Å². The molecule has 39 heavy (non-hydrogen) atoms. The molecule has 4 N–H and O–H groups in total. The average molecular weight is 559 g/mol. The van der Waals surface area contributed by atoms with Crippen LogP contribution in [0.5, 0.6) is 0 Å². The highest BCUT2D eigenvalue weighted by Gasteiger charge is 2.24. The first-order valence-corrected chi connectivity index (χ1v) is 14.4. The predicted molar refractivity (Wildman–Crippen MR) is 156 cm³/mol. The lowest BCUT2D eigenvalue weighted by Gasteiger charge is -2.26. The highest BCUT2D eigenvalue weighted by molar-refractivity contribution is 8.01. The molecule has 9 nitrogen and oxygen atoms in total. The Kier molecular flexibility index (Phi) is 12.6. The second-order valence-electron chi connectivity index (χ2n) is 10.2. The van der Waals surface area contributed by atoms with E-state index in [1.807, 2.05) is 38.4 Å².